The molecule has 2 N–H and O–H groups in total. The van der Waals surface area contributed by atoms with Crippen molar-refractivity contribution in [2.24, 2.45) is 0 Å². The molecule has 0 bridgehead atoms. The van der Waals surface area contributed by atoms with E-state index >= 15 is 0 Å². The minimum atomic E-state index is 0.326. The number of aromatic hydroxyl groups is 1. The van der Waals surface area contributed by atoms with Crippen molar-refractivity contribution in [3.8, 4) is 5.75 Å². The van der Waals surface area contributed by atoms with Gasteiger partial charge in [-0.05, 0) is 62.4 Å². The third-order valence-electron chi connectivity index (χ3n) is 3.83. The van der Waals surface area contributed by atoms with Crippen LogP contribution >= 0.6 is 0 Å². The van der Waals surface area contributed by atoms with Crippen LogP contribution in [0.5, 0.6) is 5.75 Å². The molecule has 0 saturated carbocycles. The molecule has 0 radical (unpaired) electrons. The number of nitrogens with one attached hydrogen (secondary N) is 1. The lowest BCUT2D eigenvalue weighted by Crippen LogP contribution is -2.37. The van der Waals surface area contributed by atoms with Gasteiger partial charge in [-0.3, -0.25) is 0 Å². The summed E-state index contributed by atoms with van der Waals surface area (Å²) in [6.45, 7) is 6.61. The minimum absolute atomic E-state index is 0.326. The minimum Gasteiger partial charge on any atom is -0.508 e. The second-order valence-corrected chi connectivity index (χ2v) is 5.97. The first-order valence-electron chi connectivity index (χ1n) is 7.63. The maximum absolute atomic E-state index is 9.31. The smallest absolute Gasteiger partial charge is 0.115 e. The second-order valence-electron chi connectivity index (χ2n) is 5.97. The molecule has 2 heteroatoms. The maximum Gasteiger partial charge on any atom is 0.115 e. The van der Waals surface area contributed by atoms with E-state index in [0.29, 0.717) is 17.8 Å². The molecule has 2 aromatic rings. The van der Waals surface area contributed by atoms with Gasteiger partial charge in [0, 0.05) is 12.1 Å². The molecule has 0 aromatic heterocycles. The fourth-order valence-corrected chi connectivity index (χ4v) is 2.76. The molecule has 112 valence electrons. The second kappa shape index (κ2) is 7.28. The van der Waals surface area contributed by atoms with E-state index in [9.17, 15) is 5.11 Å². The molecular weight excluding hydrogens is 258 g/mol. The highest BCUT2D eigenvalue weighted by atomic mass is 16.3. The van der Waals surface area contributed by atoms with Crippen LogP contribution in [-0.4, -0.2) is 17.2 Å². The molecule has 2 unspecified atom stereocenters. The Morgan fingerprint density at radius 2 is 1.52 bits per heavy atom. The van der Waals surface area contributed by atoms with Gasteiger partial charge < -0.3 is 10.4 Å². The quantitative estimate of drug-likeness (QED) is 0.844. The number of rotatable bonds is 6. The maximum atomic E-state index is 9.31. The number of phenols is 1. The number of phenolic OH excluding ortho intramolecular Hbond substituents is 1. The largest absolute Gasteiger partial charge is 0.508 e. The van der Waals surface area contributed by atoms with Gasteiger partial charge in [0.25, 0.3) is 0 Å². The van der Waals surface area contributed by atoms with Crippen LogP contribution in [0, 0.1) is 6.92 Å². The summed E-state index contributed by atoms with van der Waals surface area (Å²) in [5.74, 6) is 0.326. The summed E-state index contributed by atoms with van der Waals surface area (Å²) < 4.78 is 0. The molecule has 0 aliphatic rings. The lowest BCUT2D eigenvalue weighted by molar-refractivity contribution is 0.460. The van der Waals surface area contributed by atoms with Crippen molar-refractivity contribution in [1.82, 2.24) is 5.32 Å². The fraction of sp³-hybridized carbons (Fsp3) is 0.368. The Labute approximate surface area is 127 Å². The van der Waals surface area contributed by atoms with Gasteiger partial charge in [-0.1, -0.05) is 36.4 Å². The van der Waals surface area contributed by atoms with Crippen molar-refractivity contribution in [2.45, 2.75) is 45.7 Å². The first-order chi connectivity index (χ1) is 10.0. The molecule has 0 spiro atoms. The predicted octanol–water partition coefficient (Wildman–Crippen LogP) is 3.85. The van der Waals surface area contributed by atoms with Crippen LogP contribution in [0.2, 0.25) is 0 Å². The van der Waals surface area contributed by atoms with Gasteiger partial charge in [0.15, 0.2) is 0 Å². The van der Waals surface area contributed by atoms with Gasteiger partial charge in [-0.15, -0.1) is 0 Å². The standard InChI is InChI=1S/C19H25NO/c1-14-6-4-5-7-18(14)13-16(3)20-15(2)12-17-8-10-19(21)11-9-17/h4-11,15-16,20-21H,12-13H2,1-3H3. The molecule has 21 heavy (non-hydrogen) atoms. The van der Waals surface area contributed by atoms with E-state index in [0.717, 1.165) is 12.8 Å². The van der Waals surface area contributed by atoms with Crippen molar-refractivity contribution in [3.63, 3.8) is 0 Å². The van der Waals surface area contributed by atoms with E-state index in [2.05, 4.69) is 50.4 Å². The van der Waals surface area contributed by atoms with Crippen LogP contribution in [0.3, 0.4) is 0 Å². The van der Waals surface area contributed by atoms with E-state index in [4.69, 9.17) is 0 Å². The third-order valence-corrected chi connectivity index (χ3v) is 3.83. The summed E-state index contributed by atoms with van der Waals surface area (Å²) in [5.41, 5.74) is 4.02. The summed E-state index contributed by atoms with van der Waals surface area (Å²) >= 11 is 0. The number of hydrogen-bond acceptors (Lipinski definition) is 2. The number of aryl methyl sites for hydroxylation is 1. The fourth-order valence-electron chi connectivity index (χ4n) is 2.76. The predicted molar refractivity (Wildman–Crippen MR) is 88.8 cm³/mol. The third kappa shape index (κ3) is 4.91. The van der Waals surface area contributed by atoms with Gasteiger partial charge in [0.05, 0.1) is 0 Å². The zero-order chi connectivity index (χ0) is 15.2. The first-order valence-corrected chi connectivity index (χ1v) is 7.63. The van der Waals surface area contributed by atoms with Crippen molar-refractivity contribution in [1.29, 1.82) is 0 Å². The van der Waals surface area contributed by atoms with E-state index in [1.807, 2.05) is 12.1 Å². The Bertz CT molecular complexity index is 562. The Kier molecular flexibility index (Phi) is 5.40. The zero-order valence-electron chi connectivity index (χ0n) is 13.1. The molecule has 0 amide bonds. The van der Waals surface area contributed by atoms with E-state index in [1.165, 1.54) is 16.7 Å². The van der Waals surface area contributed by atoms with Crippen LogP contribution in [-0.2, 0) is 12.8 Å². The average Bonchev–Trinajstić information content (AvgIpc) is 2.44. The van der Waals surface area contributed by atoms with Crippen LogP contribution in [0.4, 0.5) is 0 Å². The van der Waals surface area contributed by atoms with Crippen LogP contribution < -0.4 is 5.32 Å². The lowest BCUT2D eigenvalue weighted by Gasteiger charge is -2.21. The normalized spacial score (nSPS) is 13.9. The Morgan fingerprint density at radius 1 is 0.905 bits per heavy atom. The van der Waals surface area contributed by atoms with Crippen LogP contribution in [0.25, 0.3) is 0 Å². The summed E-state index contributed by atoms with van der Waals surface area (Å²) in [6, 6.07) is 16.9. The van der Waals surface area contributed by atoms with Gasteiger partial charge in [-0.25, -0.2) is 0 Å². The van der Waals surface area contributed by atoms with Crippen molar-refractivity contribution in [3.05, 3.63) is 65.2 Å². The van der Waals surface area contributed by atoms with E-state index in [-0.39, 0.29) is 0 Å². The topological polar surface area (TPSA) is 32.3 Å². The first kappa shape index (κ1) is 15.6. The van der Waals surface area contributed by atoms with E-state index < -0.39 is 0 Å². The summed E-state index contributed by atoms with van der Waals surface area (Å²) in [7, 11) is 0. The van der Waals surface area contributed by atoms with Crippen LogP contribution in [0.15, 0.2) is 48.5 Å². The molecule has 2 nitrogen and oxygen atoms in total. The van der Waals surface area contributed by atoms with Crippen molar-refractivity contribution in [2.75, 3.05) is 0 Å². The summed E-state index contributed by atoms with van der Waals surface area (Å²) in [4.78, 5) is 0. The molecule has 2 atom stereocenters. The van der Waals surface area contributed by atoms with Gasteiger partial charge in [-0.2, -0.15) is 0 Å². The number of hydrogen-bond donors (Lipinski definition) is 2. The highest BCUT2D eigenvalue weighted by Crippen LogP contribution is 2.13. The SMILES string of the molecule is Cc1ccccc1CC(C)NC(C)Cc1ccc(O)cc1. The zero-order valence-corrected chi connectivity index (χ0v) is 13.1. The highest BCUT2D eigenvalue weighted by Gasteiger charge is 2.10. The van der Waals surface area contributed by atoms with Crippen LogP contribution in [0.1, 0.15) is 30.5 Å². The van der Waals surface area contributed by atoms with Gasteiger partial charge in [0.2, 0.25) is 0 Å². The monoisotopic (exact) mass is 283 g/mol. The van der Waals surface area contributed by atoms with Crippen molar-refractivity contribution >= 4 is 0 Å². The Hall–Kier alpha value is -1.80. The Morgan fingerprint density at radius 3 is 2.19 bits per heavy atom. The van der Waals surface area contributed by atoms with Gasteiger partial charge in [0.1, 0.15) is 5.75 Å². The molecule has 0 aliphatic carbocycles. The molecular formula is C19H25NO. The molecule has 0 fully saturated rings. The molecule has 2 rings (SSSR count). The average molecular weight is 283 g/mol. The molecule has 0 aliphatic heterocycles. The number of benzene rings is 2. The Balaban J connectivity index is 1.86. The molecule has 0 heterocycles. The summed E-state index contributed by atoms with van der Waals surface area (Å²) in [6.07, 6.45) is 2.02. The van der Waals surface area contributed by atoms with E-state index in [1.54, 1.807) is 12.1 Å². The summed E-state index contributed by atoms with van der Waals surface area (Å²) in [5, 5.41) is 13.0. The molecule has 2 aromatic carbocycles. The lowest BCUT2D eigenvalue weighted by atomic mass is 10.0. The van der Waals surface area contributed by atoms with Gasteiger partial charge >= 0.3 is 0 Å². The molecule has 0 saturated heterocycles. The van der Waals surface area contributed by atoms with Crippen molar-refractivity contribution < 1.29 is 5.11 Å². The highest BCUT2D eigenvalue weighted by molar-refractivity contribution is 5.27.